The van der Waals surface area contributed by atoms with Gasteiger partial charge in [-0.05, 0) is 42.2 Å². The normalized spacial score (nSPS) is 12.5. The number of hydrogen-bond donors (Lipinski definition) is 2. The third-order valence-electron chi connectivity index (χ3n) is 2.91. The van der Waals surface area contributed by atoms with E-state index in [9.17, 15) is 9.90 Å². The second-order valence-electron chi connectivity index (χ2n) is 4.38. The first-order valence-corrected chi connectivity index (χ1v) is 7.73. The van der Waals surface area contributed by atoms with Gasteiger partial charge in [-0.25, -0.2) is 0 Å². The van der Waals surface area contributed by atoms with Gasteiger partial charge in [-0.15, -0.1) is 11.8 Å². The van der Waals surface area contributed by atoms with Gasteiger partial charge in [-0.1, -0.05) is 12.1 Å². The molecule has 110 valence electrons. The number of amides is 1. The van der Waals surface area contributed by atoms with Gasteiger partial charge in [0.2, 0.25) is 5.91 Å². The Kier molecular flexibility index (Phi) is 5.66. The average molecular weight is 303 g/mol. The Bertz CT molecular complexity index is 590. The van der Waals surface area contributed by atoms with Crippen molar-refractivity contribution >= 4 is 23.7 Å². The van der Waals surface area contributed by atoms with Crippen LogP contribution in [0.25, 0.3) is 6.08 Å². The molecule has 0 saturated heterocycles. The highest BCUT2D eigenvalue weighted by atomic mass is 32.2. The second kappa shape index (κ2) is 7.71. The van der Waals surface area contributed by atoms with E-state index >= 15 is 0 Å². The number of carbonyl (C=O) groups excluding carboxylic acids is 1. The number of aliphatic hydroxyl groups is 1. The predicted octanol–water partition coefficient (Wildman–Crippen LogP) is 2.86. The molecule has 1 heterocycles. The van der Waals surface area contributed by atoms with Crippen LogP contribution in [0.15, 0.2) is 58.1 Å². The molecule has 5 heteroatoms. The number of furan rings is 1. The van der Waals surface area contributed by atoms with E-state index in [4.69, 9.17) is 4.42 Å². The van der Waals surface area contributed by atoms with Crippen molar-refractivity contribution in [2.24, 2.45) is 0 Å². The minimum absolute atomic E-state index is 0.167. The number of rotatable bonds is 6. The summed E-state index contributed by atoms with van der Waals surface area (Å²) < 4.78 is 5.08. The maximum absolute atomic E-state index is 11.6. The van der Waals surface area contributed by atoms with Crippen molar-refractivity contribution in [3.8, 4) is 0 Å². The summed E-state index contributed by atoms with van der Waals surface area (Å²) in [6.07, 6.45) is 5.77. The monoisotopic (exact) mass is 303 g/mol. The number of hydrogen-bond acceptors (Lipinski definition) is 4. The van der Waals surface area contributed by atoms with E-state index in [-0.39, 0.29) is 12.5 Å². The lowest BCUT2D eigenvalue weighted by Gasteiger charge is -2.11. The highest BCUT2D eigenvalue weighted by molar-refractivity contribution is 7.98. The summed E-state index contributed by atoms with van der Waals surface area (Å²) in [6, 6.07) is 11.1. The Hall–Kier alpha value is -1.98. The van der Waals surface area contributed by atoms with Gasteiger partial charge in [0.1, 0.15) is 5.76 Å². The van der Waals surface area contributed by atoms with Crippen LogP contribution in [0.3, 0.4) is 0 Å². The standard InChI is InChI=1S/C16H17NO3S/c1-21-14-7-4-12(5-8-14)15(18)11-17-16(19)9-6-13-3-2-10-20-13/h2-10,15,18H,11H2,1H3,(H,17,19)/b9-6+. The summed E-state index contributed by atoms with van der Waals surface area (Å²) in [5, 5.41) is 12.7. The molecule has 0 fully saturated rings. The molecule has 21 heavy (non-hydrogen) atoms. The molecular weight excluding hydrogens is 286 g/mol. The van der Waals surface area contributed by atoms with Crippen molar-refractivity contribution in [1.29, 1.82) is 0 Å². The Morgan fingerprint density at radius 1 is 1.38 bits per heavy atom. The fourth-order valence-corrected chi connectivity index (χ4v) is 2.15. The highest BCUT2D eigenvalue weighted by Crippen LogP contribution is 2.18. The number of carbonyl (C=O) groups is 1. The summed E-state index contributed by atoms with van der Waals surface area (Å²) in [5.74, 6) is 0.338. The Morgan fingerprint density at radius 2 is 2.14 bits per heavy atom. The quantitative estimate of drug-likeness (QED) is 0.636. The van der Waals surface area contributed by atoms with E-state index in [0.29, 0.717) is 5.76 Å². The molecule has 0 saturated carbocycles. The maximum atomic E-state index is 11.6. The zero-order chi connectivity index (χ0) is 15.1. The van der Waals surface area contributed by atoms with Gasteiger partial charge in [0.25, 0.3) is 0 Å². The van der Waals surface area contributed by atoms with E-state index in [1.54, 1.807) is 36.2 Å². The first-order chi connectivity index (χ1) is 10.2. The van der Waals surface area contributed by atoms with Crippen molar-refractivity contribution in [2.45, 2.75) is 11.0 Å². The predicted molar refractivity (Wildman–Crippen MR) is 83.9 cm³/mol. The fourth-order valence-electron chi connectivity index (χ4n) is 1.74. The Morgan fingerprint density at radius 3 is 2.76 bits per heavy atom. The molecule has 0 bridgehead atoms. The average Bonchev–Trinajstić information content (AvgIpc) is 3.04. The van der Waals surface area contributed by atoms with Gasteiger partial charge in [-0.3, -0.25) is 4.79 Å². The molecule has 1 aromatic carbocycles. The van der Waals surface area contributed by atoms with Crippen LogP contribution in [0.4, 0.5) is 0 Å². The van der Waals surface area contributed by atoms with E-state index in [0.717, 1.165) is 10.5 Å². The van der Waals surface area contributed by atoms with Gasteiger partial charge >= 0.3 is 0 Å². The number of nitrogens with one attached hydrogen (secondary N) is 1. The Labute approximate surface area is 127 Å². The third-order valence-corrected chi connectivity index (χ3v) is 3.66. The summed E-state index contributed by atoms with van der Waals surface area (Å²) in [6.45, 7) is 0.167. The van der Waals surface area contributed by atoms with E-state index in [1.807, 2.05) is 30.5 Å². The summed E-state index contributed by atoms with van der Waals surface area (Å²) in [5.41, 5.74) is 0.781. The minimum atomic E-state index is -0.720. The van der Waals surface area contributed by atoms with Crippen LogP contribution in [0, 0.1) is 0 Å². The van der Waals surface area contributed by atoms with Crippen molar-refractivity contribution in [3.05, 3.63) is 60.1 Å². The maximum Gasteiger partial charge on any atom is 0.244 e. The zero-order valence-electron chi connectivity index (χ0n) is 11.7. The molecule has 1 unspecified atom stereocenters. The molecule has 0 aliphatic heterocycles. The zero-order valence-corrected chi connectivity index (χ0v) is 12.5. The molecule has 0 aliphatic carbocycles. The van der Waals surface area contributed by atoms with Crippen LogP contribution in [-0.4, -0.2) is 23.8 Å². The second-order valence-corrected chi connectivity index (χ2v) is 5.26. The molecule has 1 aromatic heterocycles. The van der Waals surface area contributed by atoms with Crippen molar-refractivity contribution in [3.63, 3.8) is 0 Å². The lowest BCUT2D eigenvalue weighted by Crippen LogP contribution is -2.26. The fraction of sp³-hybridized carbons (Fsp3) is 0.188. The molecule has 0 aliphatic rings. The van der Waals surface area contributed by atoms with E-state index < -0.39 is 6.10 Å². The first kappa shape index (κ1) is 15.4. The number of benzene rings is 1. The van der Waals surface area contributed by atoms with Crippen LogP contribution >= 0.6 is 11.8 Å². The Balaban J connectivity index is 1.82. The number of aliphatic hydroxyl groups excluding tert-OH is 1. The first-order valence-electron chi connectivity index (χ1n) is 6.50. The summed E-state index contributed by atoms with van der Waals surface area (Å²) in [4.78, 5) is 12.8. The van der Waals surface area contributed by atoms with Crippen molar-refractivity contribution < 1.29 is 14.3 Å². The van der Waals surface area contributed by atoms with Gasteiger partial charge in [-0.2, -0.15) is 0 Å². The molecule has 4 nitrogen and oxygen atoms in total. The molecular formula is C16H17NO3S. The van der Waals surface area contributed by atoms with Crippen LogP contribution in [0.5, 0.6) is 0 Å². The van der Waals surface area contributed by atoms with Gasteiger partial charge in [0.15, 0.2) is 0 Å². The third kappa shape index (κ3) is 4.81. The van der Waals surface area contributed by atoms with Crippen molar-refractivity contribution in [1.82, 2.24) is 5.32 Å². The minimum Gasteiger partial charge on any atom is -0.465 e. The smallest absolute Gasteiger partial charge is 0.244 e. The summed E-state index contributed by atoms with van der Waals surface area (Å²) in [7, 11) is 0. The van der Waals surface area contributed by atoms with Crippen LogP contribution in [0.1, 0.15) is 17.4 Å². The molecule has 0 spiro atoms. The topological polar surface area (TPSA) is 62.5 Å². The largest absolute Gasteiger partial charge is 0.465 e. The molecule has 1 amide bonds. The van der Waals surface area contributed by atoms with E-state index in [1.165, 1.54) is 6.08 Å². The molecule has 2 N–H and O–H groups in total. The lowest BCUT2D eigenvalue weighted by atomic mass is 10.1. The van der Waals surface area contributed by atoms with Gasteiger partial charge < -0.3 is 14.8 Å². The van der Waals surface area contributed by atoms with Crippen LogP contribution in [0.2, 0.25) is 0 Å². The molecule has 0 radical (unpaired) electrons. The van der Waals surface area contributed by atoms with Gasteiger partial charge in [0, 0.05) is 17.5 Å². The van der Waals surface area contributed by atoms with Crippen LogP contribution in [-0.2, 0) is 4.79 Å². The van der Waals surface area contributed by atoms with Crippen molar-refractivity contribution in [2.75, 3.05) is 12.8 Å². The highest BCUT2D eigenvalue weighted by Gasteiger charge is 2.08. The molecule has 2 aromatic rings. The number of thioether (sulfide) groups is 1. The SMILES string of the molecule is CSc1ccc(C(O)CNC(=O)/C=C/c2ccco2)cc1. The molecule has 2 rings (SSSR count). The molecule has 1 atom stereocenters. The van der Waals surface area contributed by atoms with Gasteiger partial charge in [0.05, 0.1) is 12.4 Å². The lowest BCUT2D eigenvalue weighted by molar-refractivity contribution is -0.116. The van der Waals surface area contributed by atoms with E-state index in [2.05, 4.69) is 5.32 Å². The van der Waals surface area contributed by atoms with Crippen LogP contribution < -0.4 is 5.32 Å². The summed E-state index contributed by atoms with van der Waals surface area (Å²) >= 11 is 1.64.